The topological polar surface area (TPSA) is 54.5 Å². The Morgan fingerprint density at radius 2 is 1.86 bits per heavy atom. The molecule has 1 aromatic carbocycles. The van der Waals surface area contributed by atoms with Crippen LogP contribution in [0.5, 0.6) is 0 Å². The fourth-order valence-corrected chi connectivity index (χ4v) is 2.55. The molecule has 4 nitrogen and oxygen atoms in total. The lowest BCUT2D eigenvalue weighted by Gasteiger charge is -2.37. The summed E-state index contributed by atoms with van der Waals surface area (Å²) in [6.07, 6.45) is 0. The lowest BCUT2D eigenvalue weighted by atomic mass is 9.76. The molecule has 1 heterocycles. The molecule has 0 bridgehead atoms. The van der Waals surface area contributed by atoms with E-state index in [1.165, 1.54) is 0 Å². The zero-order chi connectivity index (χ0) is 15.9. The summed E-state index contributed by atoms with van der Waals surface area (Å²) >= 11 is 0. The molecule has 0 saturated heterocycles. The van der Waals surface area contributed by atoms with Crippen LogP contribution in [0.15, 0.2) is 18.2 Å². The number of rotatable bonds is 3. The van der Waals surface area contributed by atoms with E-state index in [1.54, 1.807) is 33.8 Å². The molecule has 0 radical (unpaired) electrons. The molecule has 1 aliphatic heterocycles. The van der Waals surface area contributed by atoms with Crippen LogP contribution in [0.1, 0.15) is 49.2 Å². The molecular weight excluding hydrogens is 266 g/mol. The highest BCUT2D eigenvalue weighted by Gasteiger charge is 2.44. The van der Waals surface area contributed by atoms with Crippen molar-refractivity contribution in [2.75, 3.05) is 6.54 Å². The Kier molecular flexibility index (Phi) is 3.74. The summed E-state index contributed by atoms with van der Waals surface area (Å²) in [5.74, 6) is -0.985. The van der Waals surface area contributed by atoms with Gasteiger partial charge in [0, 0.05) is 11.5 Å². The molecule has 2 amide bonds. The van der Waals surface area contributed by atoms with Crippen LogP contribution in [0.4, 0.5) is 0 Å². The van der Waals surface area contributed by atoms with Crippen molar-refractivity contribution in [2.45, 2.75) is 40.0 Å². The maximum absolute atomic E-state index is 12.6. The third-order valence-corrected chi connectivity index (χ3v) is 4.06. The molecule has 0 atom stereocenters. The zero-order valence-electron chi connectivity index (χ0n) is 13.2. The molecule has 4 heteroatoms. The fraction of sp³-hybridized carbons (Fsp3) is 0.471. The first-order valence-corrected chi connectivity index (χ1v) is 7.16. The second-order valence-corrected chi connectivity index (χ2v) is 6.49. The van der Waals surface area contributed by atoms with E-state index >= 15 is 0 Å². The van der Waals surface area contributed by atoms with Crippen molar-refractivity contribution in [3.8, 4) is 0 Å². The van der Waals surface area contributed by atoms with Crippen LogP contribution < -0.4 is 0 Å². The molecule has 0 saturated carbocycles. The second kappa shape index (κ2) is 5.10. The first kappa shape index (κ1) is 15.4. The summed E-state index contributed by atoms with van der Waals surface area (Å²) in [5.41, 5.74) is 1.42. The molecule has 1 aliphatic rings. The van der Waals surface area contributed by atoms with Gasteiger partial charge < -0.3 is 0 Å². The Labute approximate surface area is 125 Å². The van der Waals surface area contributed by atoms with E-state index in [0.29, 0.717) is 5.56 Å². The van der Waals surface area contributed by atoms with E-state index in [1.807, 2.05) is 19.1 Å². The maximum atomic E-state index is 12.6. The van der Waals surface area contributed by atoms with Crippen LogP contribution in [0.3, 0.4) is 0 Å². The Morgan fingerprint density at radius 3 is 2.43 bits per heavy atom. The van der Waals surface area contributed by atoms with E-state index in [0.717, 1.165) is 16.0 Å². The van der Waals surface area contributed by atoms with E-state index in [2.05, 4.69) is 0 Å². The molecular formula is C17H21NO3. The first-order valence-electron chi connectivity index (χ1n) is 7.16. The lowest BCUT2D eigenvalue weighted by Crippen LogP contribution is -2.53. The zero-order valence-corrected chi connectivity index (χ0v) is 13.2. The van der Waals surface area contributed by atoms with Crippen LogP contribution in [0.2, 0.25) is 0 Å². The van der Waals surface area contributed by atoms with E-state index in [-0.39, 0.29) is 30.1 Å². The minimum atomic E-state index is -0.797. The minimum absolute atomic E-state index is 0.108. The van der Waals surface area contributed by atoms with E-state index < -0.39 is 5.41 Å². The molecule has 2 rings (SSSR count). The van der Waals surface area contributed by atoms with Crippen molar-refractivity contribution in [3.05, 3.63) is 34.9 Å². The number of hydrogen-bond acceptors (Lipinski definition) is 3. The van der Waals surface area contributed by atoms with Crippen molar-refractivity contribution in [1.29, 1.82) is 0 Å². The summed E-state index contributed by atoms with van der Waals surface area (Å²) in [6.45, 7) is 8.88. The molecule has 0 aromatic heterocycles. The van der Waals surface area contributed by atoms with E-state index in [9.17, 15) is 14.4 Å². The predicted octanol–water partition coefficient (Wildman–Crippen LogP) is 2.48. The standard InChI is InChI=1S/C17H21NO3/c1-10(2)14(19)9-18-15(20)12-8-11(3)6-7-13(12)17(4,5)16(18)21/h6-8,10H,9H2,1-5H3. The smallest absolute Gasteiger partial charge is 0.261 e. The molecule has 1 aromatic rings. The van der Waals surface area contributed by atoms with Gasteiger partial charge >= 0.3 is 0 Å². The van der Waals surface area contributed by atoms with Gasteiger partial charge in [-0.1, -0.05) is 31.5 Å². The first-order chi connectivity index (χ1) is 9.66. The van der Waals surface area contributed by atoms with Crippen LogP contribution in [0, 0.1) is 12.8 Å². The second-order valence-electron chi connectivity index (χ2n) is 6.49. The van der Waals surface area contributed by atoms with Gasteiger partial charge in [-0.15, -0.1) is 0 Å². The number of benzene rings is 1. The number of Topliss-reactive ketones (excluding diaryl/α,β-unsaturated/α-hetero) is 1. The number of nitrogens with zero attached hydrogens (tertiary/aromatic N) is 1. The summed E-state index contributed by atoms with van der Waals surface area (Å²) in [5, 5.41) is 0. The van der Waals surface area contributed by atoms with Crippen molar-refractivity contribution < 1.29 is 14.4 Å². The summed E-state index contributed by atoms with van der Waals surface area (Å²) in [7, 11) is 0. The van der Waals surface area contributed by atoms with E-state index in [4.69, 9.17) is 0 Å². The molecule has 112 valence electrons. The predicted molar refractivity (Wildman–Crippen MR) is 80.1 cm³/mol. The quantitative estimate of drug-likeness (QED) is 0.803. The highest BCUT2D eigenvalue weighted by atomic mass is 16.2. The molecule has 0 unspecified atom stereocenters. The van der Waals surface area contributed by atoms with Crippen molar-refractivity contribution >= 4 is 17.6 Å². The number of carbonyl (C=O) groups excluding carboxylic acids is 3. The fourth-order valence-electron chi connectivity index (χ4n) is 2.55. The van der Waals surface area contributed by atoms with Crippen LogP contribution in [-0.4, -0.2) is 29.0 Å². The van der Waals surface area contributed by atoms with Crippen molar-refractivity contribution in [3.63, 3.8) is 0 Å². The Morgan fingerprint density at radius 1 is 1.24 bits per heavy atom. The number of carbonyl (C=O) groups is 3. The van der Waals surface area contributed by atoms with Gasteiger partial charge in [-0.25, -0.2) is 0 Å². The summed E-state index contributed by atoms with van der Waals surface area (Å²) < 4.78 is 0. The number of imide groups is 1. The van der Waals surface area contributed by atoms with Gasteiger partial charge in [0.25, 0.3) is 5.91 Å². The molecule has 0 N–H and O–H groups in total. The van der Waals surface area contributed by atoms with Gasteiger partial charge in [0.05, 0.1) is 12.0 Å². The monoisotopic (exact) mass is 287 g/mol. The average Bonchev–Trinajstić information content (AvgIpc) is 2.41. The Hall–Kier alpha value is -1.97. The highest BCUT2D eigenvalue weighted by Crippen LogP contribution is 2.34. The van der Waals surface area contributed by atoms with Crippen LogP contribution in [-0.2, 0) is 15.0 Å². The van der Waals surface area contributed by atoms with Crippen molar-refractivity contribution in [2.24, 2.45) is 5.92 Å². The Balaban J connectivity index is 2.50. The molecule has 0 fully saturated rings. The minimum Gasteiger partial charge on any atom is -0.297 e. The largest absolute Gasteiger partial charge is 0.297 e. The summed E-state index contributed by atoms with van der Waals surface area (Å²) in [6, 6.07) is 5.52. The number of hydrogen-bond donors (Lipinski definition) is 0. The number of aryl methyl sites for hydroxylation is 1. The molecule has 21 heavy (non-hydrogen) atoms. The van der Waals surface area contributed by atoms with Gasteiger partial charge in [0.1, 0.15) is 0 Å². The average molecular weight is 287 g/mol. The Bertz CT molecular complexity index is 629. The third kappa shape index (κ3) is 2.50. The normalized spacial score (nSPS) is 17.1. The third-order valence-electron chi connectivity index (χ3n) is 4.06. The highest BCUT2D eigenvalue weighted by molar-refractivity contribution is 6.14. The lowest BCUT2D eigenvalue weighted by molar-refractivity contribution is -0.138. The molecule has 0 spiro atoms. The molecule has 0 aliphatic carbocycles. The van der Waals surface area contributed by atoms with Gasteiger partial charge in [-0.2, -0.15) is 0 Å². The number of ketones is 1. The number of amides is 2. The van der Waals surface area contributed by atoms with Crippen LogP contribution >= 0.6 is 0 Å². The van der Waals surface area contributed by atoms with Crippen LogP contribution in [0.25, 0.3) is 0 Å². The SMILES string of the molecule is Cc1ccc2c(c1)C(=O)N(CC(=O)C(C)C)C(=O)C2(C)C. The van der Waals surface area contributed by atoms with Crippen molar-refractivity contribution in [1.82, 2.24) is 4.90 Å². The number of fused-ring (bicyclic) bond motifs is 1. The van der Waals surface area contributed by atoms with Gasteiger partial charge in [0.15, 0.2) is 5.78 Å². The van der Waals surface area contributed by atoms with Gasteiger partial charge in [0.2, 0.25) is 5.91 Å². The maximum Gasteiger partial charge on any atom is 0.261 e. The van der Waals surface area contributed by atoms with Gasteiger partial charge in [-0.3, -0.25) is 19.3 Å². The summed E-state index contributed by atoms with van der Waals surface area (Å²) in [4.78, 5) is 38.2. The van der Waals surface area contributed by atoms with Gasteiger partial charge in [-0.05, 0) is 32.4 Å².